The predicted molar refractivity (Wildman–Crippen MR) is 137 cm³/mol. The van der Waals surface area contributed by atoms with Crippen LogP contribution in [-0.4, -0.2) is 59.2 Å². The standard InChI is InChI=1S/C27H25N5O4/c1-18-7-9-19(10-8-18)25-21-5-3-4-6-22(21)26(29-28-25)30-13-15-31(16-14-30)27(33)23-17-20(32(34)35)11-12-24(23)36-2/h3-12,17H,13-16H2,1-2H3. The summed E-state index contributed by atoms with van der Waals surface area (Å²) < 4.78 is 5.29. The summed E-state index contributed by atoms with van der Waals surface area (Å²) in [5, 5.41) is 22.4. The van der Waals surface area contributed by atoms with Crippen molar-refractivity contribution in [3.63, 3.8) is 0 Å². The second-order valence-corrected chi connectivity index (χ2v) is 8.70. The number of non-ortho nitro benzene ring substituents is 1. The van der Waals surface area contributed by atoms with E-state index >= 15 is 0 Å². The number of amides is 1. The van der Waals surface area contributed by atoms with Crippen molar-refractivity contribution in [1.29, 1.82) is 0 Å². The van der Waals surface area contributed by atoms with Gasteiger partial charge < -0.3 is 14.5 Å². The molecule has 0 unspecified atom stereocenters. The van der Waals surface area contributed by atoms with Crippen molar-refractivity contribution >= 4 is 28.2 Å². The zero-order valence-electron chi connectivity index (χ0n) is 20.0. The summed E-state index contributed by atoms with van der Waals surface area (Å²) in [7, 11) is 1.44. The van der Waals surface area contributed by atoms with E-state index in [1.807, 2.05) is 18.2 Å². The summed E-state index contributed by atoms with van der Waals surface area (Å²) in [5.74, 6) is 0.805. The van der Waals surface area contributed by atoms with Crippen LogP contribution in [0.1, 0.15) is 15.9 Å². The van der Waals surface area contributed by atoms with Crippen LogP contribution < -0.4 is 9.64 Å². The van der Waals surface area contributed by atoms with Gasteiger partial charge in [0, 0.05) is 54.6 Å². The number of aryl methyl sites for hydroxylation is 1. The van der Waals surface area contributed by atoms with Crippen molar-refractivity contribution in [2.45, 2.75) is 6.92 Å². The van der Waals surface area contributed by atoms with Gasteiger partial charge in [0.15, 0.2) is 5.82 Å². The Balaban J connectivity index is 1.39. The molecule has 1 fully saturated rings. The van der Waals surface area contributed by atoms with Crippen LogP contribution >= 0.6 is 0 Å². The van der Waals surface area contributed by atoms with E-state index < -0.39 is 4.92 Å². The number of fused-ring (bicyclic) bond motifs is 1. The van der Waals surface area contributed by atoms with Gasteiger partial charge in [0.1, 0.15) is 11.4 Å². The van der Waals surface area contributed by atoms with E-state index in [0.717, 1.165) is 27.8 Å². The van der Waals surface area contributed by atoms with E-state index in [4.69, 9.17) is 4.74 Å². The quantitative estimate of drug-likeness (QED) is 0.305. The number of rotatable bonds is 5. The molecule has 0 bridgehead atoms. The number of anilines is 1. The maximum absolute atomic E-state index is 13.2. The Morgan fingerprint density at radius 1 is 0.944 bits per heavy atom. The van der Waals surface area contributed by atoms with Crippen molar-refractivity contribution in [2.24, 2.45) is 0 Å². The van der Waals surface area contributed by atoms with Crippen LogP contribution in [0.5, 0.6) is 5.75 Å². The minimum Gasteiger partial charge on any atom is -0.496 e. The van der Waals surface area contributed by atoms with E-state index in [-0.39, 0.29) is 17.2 Å². The smallest absolute Gasteiger partial charge is 0.270 e. The first-order chi connectivity index (χ1) is 17.5. The van der Waals surface area contributed by atoms with Gasteiger partial charge >= 0.3 is 0 Å². The fraction of sp³-hybridized carbons (Fsp3) is 0.222. The average molecular weight is 484 g/mol. The predicted octanol–water partition coefficient (Wildman–Crippen LogP) is 4.48. The SMILES string of the molecule is COc1ccc([N+](=O)[O-])cc1C(=O)N1CCN(c2nnc(-c3ccc(C)cc3)c3ccccc23)CC1. The van der Waals surface area contributed by atoms with Crippen LogP contribution in [0.25, 0.3) is 22.0 Å². The molecular weight excluding hydrogens is 458 g/mol. The highest BCUT2D eigenvalue weighted by Crippen LogP contribution is 2.32. The normalized spacial score (nSPS) is 13.6. The number of nitrogens with zero attached hydrogens (tertiary/aromatic N) is 5. The van der Waals surface area contributed by atoms with Crippen LogP contribution in [0.2, 0.25) is 0 Å². The van der Waals surface area contributed by atoms with E-state index in [1.165, 1.54) is 30.9 Å². The molecule has 0 N–H and O–H groups in total. The first kappa shape index (κ1) is 23.2. The average Bonchev–Trinajstić information content (AvgIpc) is 2.92. The second kappa shape index (κ2) is 9.61. The molecule has 9 heteroatoms. The molecule has 36 heavy (non-hydrogen) atoms. The Labute approximate surface area is 208 Å². The highest BCUT2D eigenvalue weighted by Gasteiger charge is 2.27. The third-order valence-corrected chi connectivity index (χ3v) is 6.48. The summed E-state index contributed by atoms with van der Waals surface area (Å²) in [4.78, 5) is 27.7. The Hall–Kier alpha value is -4.53. The summed E-state index contributed by atoms with van der Waals surface area (Å²) in [6.45, 7) is 4.06. The molecule has 182 valence electrons. The van der Waals surface area contributed by atoms with Crippen LogP contribution in [0.4, 0.5) is 11.5 Å². The van der Waals surface area contributed by atoms with E-state index in [9.17, 15) is 14.9 Å². The van der Waals surface area contributed by atoms with Crippen molar-refractivity contribution in [3.8, 4) is 17.0 Å². The van der Waals surface area contributed by atoms with Crippen molar-refractivity contribution in [2.75, 3.05) is 38.2 Å². The number of methoxy groups -OCH3 is 1. The van der Waals surface area contributed by atoms with Gasteiger partial charge in [-0.2, -0.15) is 0 Å². The molecule has 5 rings (SSSR count). The molecule has 0 saturated carbocycles. The Bertz CT molecular complexity index is 1450. The number of ether oxygens (including phenoxy) is 1. The number of nitro groups is 1. The number of benzene rings is 3. The molecule has 0 aliphatic carbocycles. The summed E-state index contributed by atoms with van der Waals surface area (Å²) >= 11 is 0. The number of hydrogen-bond acceptors (Lipinski definition) is 7. The Morgan fingerprint density at radius 3 is 2.31 bits per heavy atom. The largest absolute Gasteiger partial charge is 0.496 e. The summed E-state index contributed by atoms with van der Waals surface area (Å²) in [6, 6.07) is 20.4. The number of nitro benzene ring substituents is 1. The molecule has 4 aromatic rings. The lowest BCUT2D eigenvalue weighted by atomic mass is 10.0. The van der Waals surface area contributed by atoms with Crippen LogP contribution in [0, 0.1) is 17.0 Å². The Kier molecular flexibility index (Phi) is 6.20. The van der Waals surface area contributed by atoms with Gasteiger partial charge in [0.05, 0.1) is 17.6 Å². The molecule has 0 spiro atoms. The zero-order valence-corrected chi connectivity index (χ0v) is 20.0. The lowest BCUT2D eigenvalue weighted by molar-refractivity contribution is -0.384. The second-order valence-electron chi connectivity index (χ2n) is 8.70. The van der Waals surface area contributed by atoms with Gasteiger partial charge in [-0.25, -0.2) is 0 Å². The van der Waals surface area contributed by atoms with Gasteiger partial charge in [-0.1, -0.05) is 54.1 Å². The summed E-state index contributed by atoms with van der Waals surface area (Å²) in [6.07, 6.45) is 0. The van der Waals surface area contributed by atoms with Crippen molar-refractivity contribution in [1.82, 2.24) is 15.1 Å². The maximum Gasteiger partial charge on any atom is 0.270 e. The first-order valence-electron chi connectivity index (χ1n) is 11.7. The minimum absolute atomic E-state index is 0.145. The molecule has 1 amide bonds. The van der Waals surface area contributed by atoms with Crippen LogP contribution in [0.15, 0.2) is 66.7 Å². The zero-order chi connectivity index (χ0) is 25.2. The molecule has 0 atom stereocenters. The highest BCUT2D eigenvalue weighted by atomic mass is 16.6. The molecule has 1 aliphatic rings. The molecule has 1 aromatic heterocycles. The van der Waals surface area contributed by atoms with Crippen LogP contribution in [-0.2, 0) is 0 Å². The lowest BCUT2D eigenvalue weighted by Crippen LogP contribution is -2.49. The molecule has 9 nitrogen and oxygen atoms in total. The number of piperazine rings is 1. The number of carbonyl (C=O) groups excluding carboxylic acids is 1. The number of aromatic nitrogens is 2. The van der Waals surface area contributed by atoms with Gasteiger partial charge in [-0.3, -0.25) is 14.9 Å². The summed E-state index contributed by atoms with van der Waals surface area (Å²) in [5.41, 5.74) is 3.07. The molecule has 1 aliphatic heterocycles. The fourth-order valence-electron chi connectivity index (χ4n) is 4.52. The monoisotopic (exact) mass is 483 g/mol. The van der Waals surface area contributed by atoms with E-state index in [1.54, 1.807) is 4.90 Å². The first-order valence-corrected chi connectivity index (χ1v) is 11.7. The fourth-order valence-corrected chi connectivity index (χ4v) is 4.52. The molecule has 3 aromatic carbocycles. The van der Waals surface area contributed by atoms with E-state index in [0.29, 0.717) is 31.9 Å². The van der Waals surface area contributed by atoms with Gasteiger partial charge in [-0.05, 0) is 13.0 Å². The topological polar surface area (TPSA) is 102 Å². The Morgan fingerprint density at radius 2 is 1.64 bits per heavy atom. The lowest BCUT2D eigenvalue weighted by Gasteiger charge is -2.35. The van der Waals surface area contributed by atoms with E-state index in [2.05, 4.69) is 52.4 Å². The third kappa shape index (κ3) is 4.31. The molecule has 2 heterocycles. The minimum atomic E-state index is -0.516. The number of hydrogen-bond donors (Lipinski definition) is 0. The molecule has 1 saturated heterocycles. The molecule has 0 radical (unpaired) electrons. The van der Waals surface area contributed by atoms with Crippen LogP contribution in [0.3, 0.4) is 0 Å². The van der Waals surface area contributed by atoms with Gasteiger partial charge in [0.2, 0.25) is 0 Å². The van der Waals surface area contributed by atoms with Crippen molar-refractivity contribution in [3.05, 3.63) is 88.0 Å². The van der Waals surface area contributed by atoms with Crippen molar-refractivity contribution < 1.29 is 14.5 Å². The molecular formula is C27H25N5O4. The number of carbonyl (C=O) groups is 1. The van der Waals surface area contributed by atoms with Gasteiger partial charge in [-0.15, -0.1) is 10.2 Å². The highest BCUT2D eigenvalue weighted by molar-refractivity contribution is 6.00. The maximum atomic E-state index is 13.2. The third-order valence-electron chi connectivity index (χ3n) is 6.48. The van der Waals surface area contributed by atoms with Gasteiger partial charge in [0.25, 0.3) is 11.6 Å².